The third-order valence-corrected chi connectivity index (χ3v) is 3.68. The quantitative estimate of drug-likeness (QED) is 0.273. The molecule has 0 spiro atoms. The van der Waals surface area contributed by atoms with Crippen molar-refractivity contribution in [2.75, 3.05) is 5.73 Å². The average Bonchev–Trinajstić information content (AvgIpc) is 2.44. The number of anilines is 1. The summed E-state index contributed by atoms with van der Waals surface area (Å²) in [6.45, 7) is 0. The number of hydrogen-bond donors (Lipinski definition) is 4. The Morgan fingerprint density at radius 3 is 2.35 bits per heavy atom. The van der Waals surface area contributed by atoms with E-state index in [-0.39, 0.29) is 5.75 Å². The van der Waals surface area contributed by atoms with Crippen LogP contribution < -0.4 is 5.73 Å². The fourth-order valence-corrected chi connectivity index (χ4v) is 2.58. The molecule has 0 atom stereocenters. The monoisotopic (exact) mass is 319 g/mol. The summed E-state index contributed by atoms with van der Waals surface area (Å²) in [5.41, 5.74) is 6.17. The second kappa shape index (κ2) is 6.97. The molecule has 2 aromatic rings. The highest BCUT2D eigenvalue weighted by atomic mass is 32.2. The summed E-state index contributed by atoms with van der Waals surface area (Å²) in [4.78, 5) is 0.876. The van der Waals surface area contributed by atoms with Crippen molar-refractivity contribution in [3.05, 3.63) is 24.3 Å². The lowest BCUT2D eigenvalue weighted by Gasteiger charge is -2.10. The van der Waals surface area contributed by atoms with Crippen LogP contribution in [-0.2, 0) is 18.7 Å². The van der Waals surface area contributed by atoms with Gasteiger partial charge in [-0.3, -0.25) is 0 Å². The van der Waals surface area contributed by atoms with Gasteiger partial charge in [-0.15, -0.1) is 8.67 Å². The number of fused-ring (bicyclic) bond motifs is 1. The van der Waals surface area contributed by atoms with Crippen LogP contribution in [0, 0.1) is 0 Å². The predicted octanol–water partition coefficient (Wildman–Crippen LogP) is 2.98. The molecule has 5 N–H and O–H groups in total. The van der Waals surface area contributed by atoms with E-state index < -0.39 is 0 Å². The van der Waals surface area contributed by atoms with Gasteiger partial charge in [0.15, 0.2) is 0 Å². The number of benzene rings is 2. The lowest BCUT2D eigenvalue weighted by molar-refractivity contribution is -0.432. The third-order valence-electron chi connectivity index (χ3n) is 2.38. The highest BCUT2D eigenvalue weighted by Crippen LogP contribution is 2.40. The molecule has 0 saturated heterocycles. The van der Waals surface area contributed by atoms with Crippen LogP contribution >= 0.6 is 24.1 Å². The molecule has 20 heavy (non-hydrogen) atoms. The smallest absolute Gasteiger partial charge is 0.124 e. The van der Waals surface area contributed by atoms with Gasteiger partial charge in [-0.1, -0.05) is 10.1 Å². The van der Waals surface area contributed by atoms with Crippen LogP contribution in [0.3, 0.4) is 0 Å². The number of phenols is 1. The van der Waals surface area contributed by atoms with Crippen molar-refractivity contribution in [3.63, 3.8) is 0 Å². The molecule has 0 aliphatic rings. The highest BCUT2D eigenvalue weighted by molar-refractivity contribution is 7.95. The number of hydrogen-bond acceptors (Lipinski definition) is 10. The molecule has 8 nitrogen and oxygen atoms in total. The Kier molecular flexibility index (Phi) is 5.28. The van der Waals surface area contributed by atoms with Gasteiger partial charge < -0.3 is 10.8 Å². The Balaban J connectivity index is 2.51. The molecule has 2 rings (SSSR count). The molecule has 10 heteroatoms. The first-order chi connectivity index (χ1) is 9.67. The average molecular weight is 319 g/mol. The van der Waals surface area contributed by atoms with Gasteiger partial charge in [0.25, 0.3) is 0 Å². The van der Waals surface area contributed by atoms with Crippen LogP contribution in [-0.4, -0.2) is 15.6 Å². The molecule has 0 saturated carbocycles. The molecule has 108 valence electrons. The number of rotatable bonds is 6. The minimum Gasteiger partial charge on any atom is -0.507 e. The fourth-order valence-electron chi connectivity index (χ4n) is 1.62. The summed E-state index contributed by atoms with van der Waals surface area (Å²) < 4.78 is 8.68. The van der Waals surface area contributed by atoms with Crippen LogP contribution in [0.15, 0.2) is 34.1 Å². The Hall–Kier alpha value is -1.24. The van der Waals surface area contributed by atoms with Gasteiger partial charge in [-0.2, -0.15) is 0 Å². The van der Waals surface area contributed by atoms with Gasteiger partial charge >= 0.3 is 0 Å². The fraction of sp³-hybridized carbons (Fsp3) is 0. The van der Waals surface area contributed by atoms with Crippen molar-refractivity contribution in [1.82, 2.24) is 0 Å². The molecule has 0 unspecified atom stereocenters. The van der Waals surface area contributed by atoms with E-state index in [0.29, 0.717) is 50.3 Å². The Bertz CT molecular complexity index is 610. The van der Waals surface area contributed by atoms with E-state index in [0.717, 1.165) is 0 Å². The second-order valence-corrected chi connectivity index (χ2v) is 4.96. The molecular weight excluding hydrogens is 310 g/mol. The van der Waals surface area contributed by atoms with Gasteiger partial charge in [-0.05, 0) is 24.3 Å². The first-order valence-corrected chi connectivity index (χ1v) is 6.50. The van der Waals surface area contributed by atoms with Gasteiger partial charge in [0.2, 0.25) is 0 Å². The van der Waals surface area contributed by atoms with E-state index in [1.807, 2.05) is 0 Å². The molecule has 0 amide bonds. The lowest BCUT2D eigenvalue weighted by Crippen LogP contribution is -1.92. The van der Waals surface area contributed by atoms with E-state index in [1.165, 1.54) is 6.07 Å². The zero-order chi connectivity index (χ0) is 14.5. The first-order valence-electron chi connectivity index (χ1n) is 5.02. The summed E-state index contributed by atoms with van der Waals surface area (Å²) in [6, 6.07) is 6.24. The van der Waals surface area contributed by atoms with Crippen molar-refractivity contribution in [1.29, 1.82) is 0 Å². The summed E-state index contributed by atoms with van der Waals surface area (Å²) in [5.74, 6) is -0.0293. The Morgan fingerprint density at radius 2 is 1.65 bits per heavy atom. The third kappa shape index (κ3) is 3.26. The van der Waals surface area contributed by atoms with E-state index in [9.17, 15) is 5.11 Å². The van der Waals surface area contributed by atoms with Crippen molar-refractivity contribution in [3.8, 4) is 5.75 Å². The molecule has 0 aromatic heterocycles. The van der Waals surface area contributed by atoms with Gasteiger partial charge in [-0.25, -0.2) is 10.5 Å². The number of aromatic hydroxyl groups is 1. The summed E-state index contributed by atoms with van der Waals surface area (Å²) in [5, 5.41) is 34.4. The summed E-state index contributed by atoms with van der Waals surface area (Å²) >= 11 is 1.36. The predicted molar refractivity (Wildman–Crippen MR) is 71.3 cm³/mol. The standard InChI is InChI=1S/C10H9NO7S2/c11-8-2-1-6-7(10(8)20-18-16-14)3-5(4-9(6)12)19-17-15-13/h1-4,12-14H,11H2. The molecule has 2 aromatic carbocycles. The molecular formula is C10H9NO7S2. The largest absolute Gasteiger partial charge is 0.507 e. The summed E-state index contributed by atoms with van der Waals surface area (Å²) in [7, 11) is 0. The number of nitrogen functional groups attached to an aromatic ring is 1. The highest BCUT2D eigenvalue weighted by Gasteiger charge is 2.13. The van der Waals surface area contributed by atoms with Crippen LogP contribution in [0.2, 0.25) is 0 Å². The zero-order valence-corrected chi connectivity index (χ0v) is 11.3. The second-order valence-electron chi connectivity index (χ2n) is 3.47. The Morgan fingerprint density at radius 1 is 0.950 bits per heavy atom. The zero-order valence-electron chi connectivity index (χ0n) is 9.68. The maximum Gasteiger partial charge on any atom is 0.124 e. The molecule has 0 bridgehead atoms. The molecule has 0 fully saturated rings. The van der Waals surface area contributed by atoms with Crippen molar-refractivity contribution in [2.24, 2.45) is 0 Å². The maximum absolute atomic E-state index is 9.95. The topological polar surface area (TPSA) is 124 Å². The summed E-state index contributed by atoms with van der Waals surface area (Å²) in [6.07, 6.45) is 0. The van der Waals surface area contributed by atoms with E-state index in [2.05, 4.69) is 18.7 Å². The van der Waals surface area contributed by atoms with Crippen LogP contribution in [0.5, 0.6) is 5.75 Å². The van der Waals surface area contributed by atoms with Gasteiger partial charge in [0.05, 0.1) is 29.0 Å². The van der Waals surface area contributed by atoms with E-state index in [1.54, 1.807) is 18.2 Å². The van der Waals surface area contributed by atoms with Crippen molar-refractivity contribution < 1.29 is 34.4 Å². The van der Waals surface area contributed by atoms with E-state index >= 15 is 0 Å². The lowest BCUT2D eigenvalue weighted by atomic mass is 10.1. The Labute approximate surface area is 121 Å². The van der Waals surface area contributed by atoms with Crippen molar-refractivity contribution in [2.45, 2.75) is 9.79 Å². The minimum absolute atomic E-state index is 0.0293. The minimum atomic E-state index is -0.0293. The molecule has 0 aliphatic carbocycles. The van der Waals surface area contributed by atoms with E-state index in [4.69, 9.17) is 16.2 Å². The first kappa shape index (κ1) is 15.2. The molecule has 0 heterocycles. The van der Waals surface area contributed by atoms with Crippen LogP contribution in [0.1, 0.15) is 0 Å². The van der Waals surface area contributed by atoms with Crippen LogP contribution in [0.4, 0.5) is 5.69 Å². The maximum atomic E-state index is 9.95. The molecule has 0 radical (unpaired) electrons. The van der Waals surface area contributed by atoms with Gasteiger partial charge in [0, 0.05) is 21.4 Å². The van der Waals surface area contributed by atoms with Crippen molar-refractivity contribution >= 4 is 40.5 Å². The van der Waals surface area contributed by atoms with Gasteiger partial charge in [0.1, 0.15) is 5.75 Å². The number of nitrogens with two attached hydrogens (primary N) is 1. The normalized spacial score (nSPS) is 11.1. The number of phenolic OH excluding ortho intramolecular Hbond substituents is 1. The molecule has 0 aliphatic heterocycles. The SMILES string of the molecule is Nc1ccc2c(O)cc(SOOO)cc2c1SOOO. The van der Waals surface area contributed by atoms with Crippen LogP contribution in [0.25, 0.3) is 10.8 Å².